The van der Waals surface area contributed by atoms with Crippen molar-refractivity contribution in [2.45, 2.75) is 31.1 Å². The van der Waals surface area contributed by atoms with Gasteiger partial charge in [-0.25, -0.2) is 23.5 Å². The lowest BCUT2D eigenvalue weighted by molar-refractivity contribution is -0.137. The molecule has 0 fully saturated rings. The van der Waals surface area contributed by atoms with E-state index in [2.05, 4.69) is 15.3 Å². The zero-order chi connectivity index (χ0) is 24.7. The van der Waals surface area contributed by atoms with Crippen LogP contribution in [-0.4, -0.2) is 30.8 Å². The molecular formula is C22H20F3N5O3S. The Labute approximate surface area is 193 Å². The minimum absolute atomic E-state index is 0.00669. The first-order chi connectivity index (χ1) is 15.9. The van der Waals surface area contributed by atoms with E-state index in [1.165, 1.54) is 6.07 Å². The maximum atomic E-state index is 13.4. The van der Waals surface area contributed by atoms with Gasteiger partial charge in [0.05, 0.1) is 11.1 Å². The predicted octanol–water partition coefficient (Wildman–Crippen LogP) is 3.27. The van der Waals surface area contributed by atoms with Gasteiger partial charge in [0.1, 0.15) is 5.82 Å². The summed E-state index contributed by atoms with van der Waals surface area (Å²) in [6, 6.07) is 8.96. The van der Waals surface area contributed by atoms with Gasteiger partial charge in [-0.05, 0) is 42.2 Å². The highest BCUT2D eigenvalue weighted by molar-refractivity contribution is 7.89. The summed E-state index contributed by atoms with van der Waals surface area (Å²) in [6.45, 7) is 2.79. The minimum Gasteiger partial charge on any atom is -0.351 e. The number of hydrogen-bond acceptors (Lipinski definition) is 6. The largest absolute Gasteiger partial charge is 0.417 e. The maximum Gasteiger partial charge on any atom is 0.417 e. The highest BCUT2D eigenvalue weighted by atomic mass is 32.2. The molecule has 0 unspecified atom stereocenters. The molecule has 0 atom stereocenters. The number of amides is 1. The number of halogens is 3. The number of primary sulfonamides is 1. The van der Waals surface area contributed by atoms with E-state index in [0.717, 1.165) is 35.0 Å². The fourth-order valence-corrected chi connectivity index (χ4v) is 4.30. The number of sulfonamides is 1. The fourth-order valence-electron chi connectivity index (χ4n) is 3.80. The first-order valence-electron chi connectivity index (χ1n) is 10.1. The summed E-state index contributed by atoms with van der Waals surface area (Å²) in [5.74, 6) is -0.782. The molecule has 0 spiro atoms. The topological polar surface area (TPSA) is 118 Å². The molecule has 0 saturated heterocycles. The van der Waals surface area contributed by atoms with Gasteiger partial charge in [-0.2, -0.15) is 13.2 Å². The summed E-state index contributed by atoms with van der Waals surface area (Å²) >= 11 is 0. The third-order valence-electron chi connectivity index (χ3n) is 5.53. The summed E-state index contributed by atoms with van der Waals surface area (Å²) in [5.41, 5.74) is 1.85. The Balaban J connectivity index is 1.72. The van der Waals surface area contributed by atoms with Gasteiger partial charge in [-0.1, -0.05) is 18.2 Å². The van der Waals surface area contributed by atoms with Crippen LogP contribution in [0.15, 0.2) is 53.8 Å². The van der Waals surface area contributed by atoms with Gasteiger partial charge < -0.3 is 10.2 Å². The number of rotatable bonds is 4. The number of carbonyl (C=O) groups is 1. The normalized spacial score (nSPS) is 14.0. The van der Waals surface area contributed by atoms with Crippen molar-refractivity contribution in [3.05, 3.63) is 76.6 Å². The van der Waals surface area contributed by atoms with Crippen molar-refractivity contribution >= 4 is 27.4 Å². The average Bonchev–Trinajstić information content (AvgIpc) is 2.78. The molecule has 34 heavy (non-hydrogen) atoms. The number of aromatic nitrogens is 2. The molecule has 1 aliphatic rings. The van der Waals surface area contributed by atoms with Crippen LogP contribution >= 0.6 is 0 Å². The molecule has 3 heterocycles. The molecule has 3 N–H and O–H groups in total. The number of fused-ring (bicyclic) bond motifs is 1. The van der Waals surface area contributed by atoms with E-state index in [9.17, 15) is 26.4 Å². The van der Waals surface area contributed by atoms with Crippen LogP contribution < -0.4 is 15.4 Å². The molecule has 0 aliphatic carbocycles. The number of benzene rings is 1. The third-order valence-corrected chi connectivity index (χ3v) is 6.34. The molecular weight excluding hydrogens is 471 g/mol. The Morgan fingerprint density at radius 2 is 1.94 bits per heavy atom. The van der Waals surface area contributed by atoms with Crippen LogP contribution in [0.5, 0.6) is 0 Å². The summed E-state index contributed by atoms with van der Waals surface area (Å²) in [4.78, 5) is 22.5. The van der Waals surface area contributed by atoms with Gasteiger partial charge in [0.25, 0.3) is 15.9 Å². The lowest BCUT2D eigenvalue weighted by Gasteiger charge is -2.32. The van der Waals surface area contributed by atoms with Crippen molar-refractivity contribution in [2.75, 3.05) is 16.8 Å². The lowest BCUT2D eigenvalue weighted by Crippen LogP contribution is -2.33. The summed E-state index contributed by atoms with van der Waals surface area (Å²) in [5, 5.41) is 7.00. The quantitative estimate of drug-likeness (QED) is 0.578. The molecule has 2 aromatic heterocycles. The predicted molar refractivity (Wildman–Crippen MR) is 119 cm³/mol. The summed E-state index contributed by atoms with van der Waals surface area (Å²) in [7, 11) is -4.14. The molecule has 0 bridgehead atoms. The van der Waals surface area contributed by atoms with Crippen LogP contribution in [0, 0.1) is 6.92 Å². The highest BCUT2D eigenvalue weighted by Crippen LogP contribution is 2.34. The van der Waals surface area contributed by atoms with Gasteiger partial charge in [0.2, 0.25) is 0 Å². The van der Waals surface area contributed by atoms with Gasteiger partial charge in [-0.15, -0.1) is 0 Å². The van der Waals surface area contributed by atoms with E-state index in [-0.39, 0.29) is 17.1 Å². The van der Waals surface area contributed by atoms with Crippen LogP contribution in [0.3, 0.4) is 0 Å². The van der Waals surface area contributed by atoms with Crippen molar-refractivity contribution in [2.24, 2.45) is 5.14 Å². The Morgan fingerprint density at radius 3 is 2.65 bits per heavy atom. The number of nitrogens with one attached hydrogen (secondary N) is 1. The van der Waals surface area contributed by atoms with Crippen LogP contribution in [0.4, 0.5) is 24.7 Å². The number of nitrogens with two attached hydrogens (primary N) is 1. The Kier molecular flexibility index (Phi) is 6.04. The molecule has 4 rings (SSSR count). The van der Waals surface area contributed by atoms with E-state index < -0.39 is 32.7 Å². The second-order valence-electron chi connectivity index (χ2n) is 7.86. The van der Waals surface area contributed by atoms with E-state index >= 15 is 0 Å². The molecule has 1 aliphatic heterocycles. The van der Waals surface area contributed by atoms with Crippen molar-refractivity contribution in [3.63, 3.8) is 0 Å². The molecule has 0 saturated carbocycles. The Hall–Kier alpha value is -3.51. The smallest absolute Gasteiger partial charge is 0.351 e. The Bertz CT molecular complexity index is 1380. The van der Waals surface area contributed by atoms with E-state index in [0.29, 0.717) is 25.7 Å². The number of alkyl halides is 3. The number of nitrogens with zero attached hydrogens (tertiary/aromatic N) is 3. The number of carbonyl (C=O) groups excluding carboxylic acids is 1. The van der Waals surface area contributed by atoms with E-state index in [1.54, 1.807) is 4.90 Å². The van der Waals surface area contributed by atoms with Crippen LogP contribution in [0.1, 0.15) is 32.6 Å². The van der Waals surface area contributed by atoms with Crippen LogP contribution in [0.2, 0.25) is 0 Å². The third kappa shape index (κ3) is 4.87. The summed E-state index contributed by atoms with van der Waals surface area (Å²) < 4.78 is 63.3. The van der Waals surface area contributed by atoms with Crippen molar-refractivity contribution in [3.8, 4) is 0 Å². The molecule has 178 valence electrons. The zero-order valence-corrected chi connectivity index (χ0v) is 18.7. The lowest BCUT2D eigenvalue weighted by atomic mass is 9.95. The fraction of sp³-hybridized carbons (Fsp3) is 0.227. The average molecular weight is 491 g/mol. The number of anilines is 2. The number of pyridine rings is 2. The SMILES string of the molecule is Cc1cccc2c1CN(c1ncc(C(F)(F)F)cc1C(=O)Nc1ccnc(S(N)(=O)=O)c1)CC2. The number of aryl methyl sites for hydroxylation is 1. The molecule has 8 nitrogen and oxygen atoms in total. The van der Waals surface area contributed by atoms with Gasteiger partial charge in [0.15, 0.2) is 5.03 Å². The number of hydrogen-bond donors (Lipinski definition) is 2. The molecule has 1 aromatic carbocycles. The highest BCUT2D eigenvalue weighted by Gasteiger charge is 2.34. The van der Waals surface area contributed by atoms with E-state index in [4.69, 9.17) is 5.14 Å². The van der Waals surface area contributed by atoms with Crippen LogP contribution in [-0.2, 0) is 29.2 Å². The maximum absolute atomic E-state index is 13.4. The Morgan fingerprint density at radius 1 is 1.18 bits per heavy atom. The van der Waals surface area contributed by atoms with Gasteiger partial charge in [0, 0.05) is 37.2 Å². The first-order valence-corrected chi connectivity index (χ1v) is 11.7. The second-order valence-corrected chi connectivity index (χ2v) is 9.37. The van der Waals surface area contributed by atoms with Crippen molar-refractivity contribution in [1.29, 1.82) is 0 Å². The second kappa shape index (κ2) is 8.69. The van der Waals surface area contributed by atoms with Crippen LogP contribution in [0.25, 0.3) is 0 Å². The molecule has 0 radical (unpaired) electrons. The first kappa shape index (κ1) is 23.6. The minimum atomic E-state index is -4.71. The standard InChI is InChI=1S/C22H20F3N5O3S/c1-13-3-2-4-14-6-8-30(12-18(13)14)20-17(9-15(11-28-20)22(23,24)25)21(31)29-16-5-7-27-19(10-16)34(26,32)33/h2-5,7,9-11H,6,8,12H2,1H3,(H2,26,32,33)(H,27,29,31). The monoisotopic (exact) mass is 491 g/mol. The van der Waals surface area contributed by atoms with E-state index in [1.807, 2.05) is 25.1 Å². The van der Waals surface area contributed by atoms with Crippen molar-refractivity contribution < 1.29 is 26.4 Å². The van der Waals surface area contributed by atoms with Gasteiger partial charge in [-0.3, -0.25) is 4.79 Å². The zero-order valence-electron chi connectivity index (χ0n) is 17.9. The molecule has 1 amide bonds. The molecule has 12 heteroatoms. The van der Waals surface area contributed by atoms with Gasteiger partial charge >= 0.3 is 6.18 Å². The summed E-state index contributed by atoms with van der Waals surface area (Å²) in [6.07, 6.45) is -2.25. The molecule has 3 aromatic rings. The van der Waals surface area contributed by atoms with Crippen molar-refractivity contribution in [1.82, 2.24) is 9.97 Å².